The van der Waals surface area contributed by atoms with Gasteiger partial charge >= 0.3 is 0 Å². The van der Waals surface area contributed by atoms with E-state index in [0.29, 0.717) is 18.1 Å². The first-order chi connectivity index (χ1) is 11.7. The Bertz CT molecular complexity index is 666. The second-order valence-corrected chi connectivity index (χ2v) is 7.03. The van der Waals surface area contributed by atoms with Crippen LogP contribution < -0.4 is 0 Å². The smallest absolute Gasteiger partial charge is 0.140 e. The van der Waals surface area contributed by atoms with Crippen LogP contribution in [0.3, 0.4) is 0 Å². The highest BCUT2D eigenvalue weighted by Gasteiger charge is 2.36. The second kappa shape index (κ2) is 7.79. The second-order valence-electron chi connectivity index (χ2n) is 7.03. The molecule has 24 heavy (non-hydrogen) atoms. The van der Waals surface area contributed by atoms with Crippen molar-refractivity contribution in [3.8, 4) is 0 Å². The first kappa shape index (κ1) is 17.0. The van der Waals surface area contributed by atoms with E-state index in [4.69, 9.17) is 0 Å². The van der Waals surface area contributed by atoms with Gasteiger partial charge in [-0.25, -0.2) is 0 Å². The number of benzene rings is 2. The van der Waals surface area contributed by atoms with E-state index in [1.54, 1.807) is 0 Å². The molecule has 0 aromatic heterocycles. The van der Waals surface area contributed by atoms with Gasteiger partial charge in [0.25, 0.3) is 0 Å². The molecule has 1 aliphatic rings. The first-order valence-electron chi connectivity index (χ1n) is 9.43. The van der Waals surface area contributed by atoms with Crippen LogP contribution in [-0.4, -0.2) is 5.78 Å². The first-order valence-corrected chi connectivity index (χ1v) is 9.43. The van der Waals surface area contributed by atoms with Gasteiger partial charge in [0.15, 0.2) is 0 Å². The van der Waals surface area contributed by atoms with Crippen molar-refractivity contribution in [1.29, 1.82) is 0 Å². The molecule has 1 heteroatoms. The summed E-state index contributed by atoms with van der Waals surface area (Å²) in [6, 6.07) is 17.7. The van der Waals surface area contributed by atoms with Crippen molar-refractivity contribution in [1.82, 2.24) is 0 Å². The molecule has 0 amide bonds. The average molecular weight is 320 g/mol. The van der Waals surface area contributed by atoms with E-state index in [1.807, 2.05) is 0 Å². The maximum absolute atomic E-state index is 12.5. The molecule has 1 saturated carbocycles. The van der Waals surface area contributed by atoms with Crippen LogP contribution in [0.1, 0.15) is 73.6 Å². The molecule has 2 aromatic carbocycles. The van der Waals surface area contributed by atoms with Gasteiger partial charge in [-0.15, -0.1) is 0 Å². The summed E-state index contributed by atoms with van der Waals surface area (Å²) >= 11 is 0. The van der Waals surface area contributed by atoms with E-state index >= 15 is 0 Å². The highest BCUT2D eigenvalue weighted by Crippen LogP contribution is 2.43. The molecule has 0 radical (unpaired) electrons. The summed E-state index contributed by atoms with van der Waals surface area (Å²) in [5.74, 6) is 0.781. The van der Waals surface area contributed by atoms with Gasteiger partial charge in [-0.3, -0.25) is 4.79 Å². The number of Topliss-reactive ketones (excluding diaryl/α,β-unsaturated/α-hetero) is 1. The Labute approximate surface area is 146 Å². The van der Waals surface area contributed by atoms with Gasteiger partial charge in [-0.2, -0.15) is 0 Å². The van der Waals surface area contributed by atoms with Crippen LogP contribution in [0.2, 0.25) is 0 Å². The van der Waals surface area contributed by atoms with Crippen LogP contribution in [0.25, 0.3) is 0 Å². The van der Waals surface area contributed by atoms with Crippen LogP contribution in [0.5, 0.6) is 0 Å². The summed E-state index contributed by atoms with van der Waals surface area (Å²) in [5, 5.41) is 0. The fourth-order valence-corrected chi connectivity index (χ4v) is 3.89. The topological polar surface area (TPSA) is 17.1 Å². The number of hydrogen-bond donors (Lipinski definition) is 0. The van der Waals surface area contributed by atoms with Crippen molar-refractivity contribution >= 4 is 5.78 Å². The van der Waals surface area contributed by atoms with Gasteiger partial charge in [-0.1, -0.05) is 68.8 Å². The molecule has 126 valence electrons. The van der Waals surface area contributed by atoms with Crippen LogP contribution in [0.4, 0.5) is 0 Å². The molecule has 0 bridgehead atoms. The molecule has 0 saturated heterocycles. The zero-order valence-electron chi connectivity index (χ0n) is 14.9. The zero-order valence-corrected chi connectivity index (χ0v) is 14.9. The maximum atomic E-state index is 12.5. The number of aryl methyl sites for hydroxylation is 2. The fourth-order valence-electron chi connectivity index (χ4n) is 3.89. The SMILES string of the molecule is CCCCc1ccc(C2C(=O)CCC2c2ccc(CC)cc2)cc1. The predicted molar refractivity (Wildman–Crippen MR) is 101 cm³/mol. The van der Waals surface area contributed by atoms with Gasteiger partial charge in [0, 0.05) is 12.3 Å². The molecule has 0 N–H and O–H groups in total. The molecule has 0 aliphatic heterocycles. The van der Waals surface area contributed by atoms with Crippen LogP contribution in [-0.2, 0) is 17.6 Å². The van der Waals surface area contributed by atoms with E-state index in [0.717, 1.165) is 19.3 Å². The third-order valence-corrected chi connectivity index (χ3v) is 5.42. The lowest BCUT2D eigenvalue weighted by Gasteiger charge is -2.20. The molecule has 3 rings (SSSR count). The Morgan fingerprint density at radius 2 is 1.50 bits per heavy atom. The molecule has 1 fully saturated rings. The molecule has 2 unspecified atom stereocenters. The van der Waals surface area contributed by atoms with E-state index in [9.17, 15) is 4.79 Å². The van der Waals surface area contributed by atoms with Gasteiger partial charge in [0.1, 0.15) is 5.78 Å². The highest BCUT2D eigenvalue weighted by molar-refractivity contribution is 5.89. The number of hydrogen-bond acceptors (Lipinski definition) is 1. The molecule has 2 atom stereocenters. The molecule has 2 aromatic rings. The Morgan fingerprint density at radius 3 is 2.12 bits per heavy atom. The van der Waals surface area contributed by atoms with Crippen LogP contribution in [0, 0.1) is 0 Å². The summed E-state index contributed by atoms with van der Waals surface area (Å²) in [5.41, 5.74) is 5.26. The number of carbonyl (C=O) groups is 1. The zero-order chi connectivity index (χ0) is 16.9. The molecule has 1 aliphatic carbocycles. The van der Waals surface area contributed by atoms with Crippen molar-refractivity contribution in [3.05, 3.63) is 70.8 Å². The average Bonchev–Trinajstić information content (AvgIpc) is 3.02. The van der Waals surface area contributed by atoms with Crippen molar-refractivity contribution in [2.45, 2.75) is 64.2 Å². The van der Waals surface area contributed by atoms with Crippen molar-refractivity contribution in [2.75, 3.05) is 0 Å². The summed E-state index contributed by atoms with van der Waals surface area (Å²) in [7, 11) is 0. The third-order valence-electron chi connectivity index (χ3n) is 5.42. The van der Waals surface area contributed by atoms with E-state index in [1.165, 1.54) is 35.1 Å². The lowest BCUT2D eigenvalue weighted by Crippen LogP contribution is -2.11. The van der Waals surface area contributed by atoms with Crippen LogP contribution in [0.15, 0.2) is 48.5 Å². The minimum atomic E-state index is 0.0395. The minimum Gasteiger partial charge on any atom is -0.299 e. The highest BCUT2D eigenvalue weighted by atomic mass is 16.1. The molecule has 0 heterocycles. The van der Waals surface area contributed by atoms with Gasteiger partial charge in [-0.05, 0) is 53.9 Å². The quantitative estimate of drug-likeness (QED) is 0.655. The molecule has 1 nitrogen and oxygen atoms in total. The summed E-state index contributed by atoms with van der Waals surface area (Å²) < 4.78 is 0. The predicted octanol–water partition coefficient (Wildman–Crippen LogP) is 5.82. The van der Waals surface area contributed by atoms with Gasteiger partial charge < -0.3 is 0 Å². The normalized spacial score (nSPS) is 20.5. The molecular weight excluding hydrogens is 292 g/mol. The number of rotatable bonds is 6. The van der Waals surface area contributed by atoms with Crippen molar-refractivity contribution < 1.29 is 4.79 Å². The number of ketones is 1. The summed E-state index contributed by atoms with van der Waals surface area (Å²) in [6.45, 7) is 4.40. The maximum Gasteiger partial charge on any atom is 0.140 e. The Hall–Kier alpha value is -1.89. The number of carbonyl (C=O) groups excluding carboxylic acids is 1. The van der Waals surface area contributed by atoms with Crippen LogP contribution >= 0.6 is 0 Å². The molecule has 0 spiro atoms. The Morgan fingerprint density at radius 1 is 0.875 bits per heavy atom. The summed E-state index contributed by atoms with van der Waals surface area (Å²) in [4.78, 5) is 12.5. The fraction of sp³-hybridized carbons (Fsp3) is 0.435. The monoisotopic (exact) mass is 320 g/mol. The standard InChI is InChI=1S/C23H28O/c1-3-5-6-18-9-13-20(14-10-18)23-21(15-16-22(23)24)19-11-7-17(4-2)8-12-19/h7-14,21,23H,3-6,15-16H2,1-2H3. The van der Waals surface area contributed by atoms with Gasteiger partial charge in [0.2, 0.25) is 0 Å². The Kier molecular flexibility index (Phi) is 5.50. The van der Waals surface area contributed by atoms with Crippen molar-refractivity contribution in [2.24, 2.45) is 0 Å². The number of unbranched alkanes of at least 4 members (excludes halogenated alkanes) is 1. The molecular formula is C23H28O. The summed E-state index contributed by atoms with van der Waals surface area (Å²) in [6.07, 6.45) is 6.34. The van der Waals surface area contributed by atoms with E-state index in [2.05, 4.69) is 62.4 Å². The van der Waals surface area contributed by atoms with E-state index in [-0.39, 0.29) is 5.92 Å². The Balaban J connectivity index is 1.82. The largest absolute Gasteiger partial charge is 0.299 e. The lowest BCUT2D eigenvalue weighted by molar-refractivity contribution is -0.118. The lowest BCUT2D eigenvalue weighted by atomic mass is 9.83. The third kappa shape index (κ3) is 3.61. The van der Waals surface area contributed by atoms with E-state index < -0.39 is 0 Å². The minimum absolute atomic E-state index is 0.0395. The van der Waals surface area contributed by atoms with Crippen molar-refractivity contribution in [3.63, 3.8) is 0 Å². The van der Waals surface area contributed by atoms with Gasteiger partial charge in [0.05, 0.1) is 0 Å².